The summed E-state index contributed by atoms with van der Waals surface area (Å²) in [5.41, 5.74) is 8.71. The standard InChI is InChI=1S/C20H11N7OS/c21-8-13-14(9-22)25-19-17(24-13)16(18(23)27(19)10-11-4-3-7-28-11)20-26-12-5-1-2-6-15(12)29-20/h1-7H,10,23H2. The molecule has 0 aliphatic heterocycles. The van der Waals surface area contributed by atoms with Crippen LogP contribution in [0.4, 0.5) is 5.82 Å². The van der Waals surface area contributed by atoms with Crippen LogP contribution in [0.5, 0.6) is 0 Å². The lowest BCUT2D eigenvalue weighted by Crippen LogP contribution is -2.05. The summed E-state index contributed by atoms with van der Waals surface area (Å²) in [6.45, 7) is 0.311. The molecule has 5 aromatic rings. The van der Waals surface area contributed by atoms with Gasteiger partial charge in [-0.2, -0.15) is 10.5 Å². The highest BCUT2D eigenvalue weighted by Crippen LogP contribution is 2.39. The summed E-state index contributed by atoms with van der Waals surface area (Å²) in [5, 5.41) is 19.4. The van der Waals surface area contributed by atoms with Crippen molar-refractivity contribution in [2.24, 2.45) is 0 Å². The summed E-state index contributed by atoms with van der Waals surface area (Å²) in [6.07, 6.45) is 1.58. The third-order valence-electron chi connectivity index (χ3n) is 4.53. The van der Waals surface area contributed by atoms with Crippen molar-refractivity contribution in [3.05, 3.63) is 59.8 Å². The number of nitriles is 2. The molecular weight excluding hydrogens is 386 g/mol. The lowest BCUT2D eigenvalue weighted by atomic mass is 10.2. The number of aromatic nitrogens is 4. The summed E-state index contributed by atoms with van der Waals surface area (Å²) in [6, 6.07) is 15.2. The summed E-state index contributed by atoms with van der Waals surface area (Å²) in [4.78, 5) is 13.5. The number of benzene rings is 1. The minimum absolute atomic E-state index is 0.0440. The van der Waals surface area contributed by atoms with Gasteiger partial charge in [-0.3, -0.25) is 0 Å². The largest absolute Gasteiger partial charge is 0.467 e. The maximum absolute atomic E-state index is 9.40. The molecule has 0 atom stereocenters. The fourth-order valence-electron chi connectivity index (χ4n) is 3.22. The number of anilines is 1. The molecule has 0 radical (unpaired) electrons. The number of hydrogen-bond acceptors (Lipinski definition) is 8. The Morgan fingerprint density at radius 1 is 1.03 bits per heavy atom. The summed E-state index contributed by atoms with van der Waals surface area (Å²) < 4.78 is 8.19. The number of nitrogens with zero attached hydrogens (tertiary/aromatic N) is 6. The van der Waals surface area contributed by atoms with Crippen molar-refractivity contribution in [1.29, 1.82) is 10.5 Å². The number of thiazole rings is 1. The maximum atomic E-state index is 9.40. The Bertz CT molecular complexity index is 1430. The Morgan fingerprint density at radius 3 is 2.55 bits per heavy atom. The van der Waals surface area contributed by atoms with Crippen LogP contribution in [-0.2, 0) is 6.54 Å². The van der Waals surface area contributed by atoms with E-state index in [0.717, 1.165) is 10.2 Å². The predicted molar refractivity (Wildman–Crippen MR) is 108 cm³/mol. The molecule has 8 nitrogen and oxygen atoms in total. The average molecular weight is 397 g/mol. The molecule has 0 spiro atoms. The number of para-hydroxylation sites is 1. The molecule has 4 aromatic heterocycles. The number of rotatable bonds is 3. The average Bonchev–Trinajstić information content (AvgIpc) is 3.45. The number of nitrogens with two attached hydrogens (primary N) is 1. The highest BCUT2D eigenvalue weighted by molar-refractivity contribution is 7.21. The van der Waals surface area contributed by atoms with E-state index in [2.05, 4.69) is 15.0 Å². The zero-order chi connectivity index (χ0) is 20.0. The topological polar surface area (TPSA) is 130 Å². The van der Waals surface area contributed by atoms with Gasteiger partial charge in [0.2, 0.25) is 0 Å². The van der Waals surface area contributed by atoms with Crippen molar-refractivity contribution in [2.45, 2.75) is 6.54 Å². The van der Waals surface area contributed by atoms with E-state index >= 15 is 0 Å². The zero-order valence-corrected chi connectivity index (χ0v) is 15.6. The Labute approximate surface area is 168 Å². The highest BCUT2D eigenvalue weighted by atomic mass is 32.1. The molecule has 1 aromatic carbocycles. The van der Waals surface area contributed by atoms with Gasteiger partial charge in [0.25, 0.3) is 0 Å². The van der Waals surface area contributed by atoms with Gasteiger partial charge in [-0.15, -0.1) is 11.3 Å². The SMILES string of the molecule is N#Cc1nc2c(-c3nc4ccccc4s3)c(N)n(Cc3ccco3)c2nc1C#N. The van der Waals surface area contributed by atoms with E-state index in [1.165, 1.54) is 11.3 Å². The molecule has 0 unspecified atom stereocenters. The minimum Gasteiger partial charge on any atom is -0.467 e. The maximum Gasteiger partial charge on any atom is 0.179 e. The van der Waals surface area contributed by atoms with Gasteiger partial charge in [-0.1, -0.05) is 12.1 Å². The van der Waals surface area contributed by atoms with Crippen LogP contribution in [0.3, 0.4) is 0 Å². The normalized spacial score (nSPS) is 11.0. The molecule has 0 aliphatic carbocycles. The van der Waals surface area contributed by atoms with Crippen LogP contribution in [0, 0.1) is 22.7 Å². The Hall–Kier alpha value is -4.21. The van der Waals surface area contributed by atoms with E-state index in [9.17, 15) is 10.5 Å². The second-order valence-corrected chi connectivity index (χ2v) is 7.26. The van der Waals surface area contributed by atoms with E-state index in [1.54, 1.807) is 16.9 Å². The molecule has 0 bridgehead atoms. The Balaban J connectivity index is 1.84. The number of furan rings is 1. The van der Waals surface area contributed by atoms with Gasteiger partial charge in [-0.05, 0) is 24.3 Å². The molecule has 4 heterocycles. The molecule has 138 valence electrons. The van der Waals surface area contributed by atoms with Crippen molar-refractivity contribution in [1.82, 2.24) is 19.5 Å². The van der Waals surface area contributed by atoms with Gasteiger partial charge in [0, 0.05) is 0 Å². The fraction of sp³-hybridized carbons (Fsp3) is 0.0500. The molecule has 0 fully saturated rings. The monoisotopic (exact) mass is 397 g/mol. The van der Waals surface area contributed by atoms with Gasteiger partial charge < -0.3 is 14.7 Å². The molecule has 0 saturated heterocycles. The molecule has 0 saturated carbocycles. The van der Waals surface area contributed by atoms with E-state index < -0.39 is 0 Å². The van der Waals surface area contributed by atoms with Crippen LogP contribution in [0.15, 0.2) is 47.1 Å². The Morgan fingerprint density at radius 2 is 1.83 bits per heavy atom. The van der Waals surface area contributed by atoms with E-state index in [0.29, 0.717) is 39.9 Å². The van der Waals surface area contributed by atoms with E-state index in [1.807, 2.05) is 42.5 Å². The lowest BCUT2D eigenvalue weighted by molar-refractivity contribution is 0.497. The molecule has 5 rings (SSSR count). The quantitative estimate of drug-likeness (QED) is 0.491. The minimum atomic E-state index is -0.0472. The smallest absolute Gasteiger partial charge is 0.179 e. The van der Waals surface area contributed by atoms with Crippen molar-refractivity contribution in [3.63, 3.8) is 0 Å². The first-order chi connectivity index (χ1) is 14.2. The van der Waals surface area contributed by atoms with Crippen LogP contribution < -0.4 is 5.73 Å². The highest BCUT2D eigenvalue weighted by Gasteiger charge is 2.24. The van der Waals surface area contributed by atoms with Crippen LogP contribution in [0.1, 0.15) is 17.1 Å². The summed E-state index contributed by atoms with van der Waals surface area (Å²) >= 11 is 1.48. The summed E-state index contributed by atoms with van der Waals surface area (Å²) in [7, 11) is 0. The van der Waals surface area contributed by atoms with Gasteiger partial charge in [0.15, 0.2) is 17.0 Å². The molecule has 29 heavy (non-hydrogen) atoms. The van der Waals surface area contributed by atoms with E-state index in [4.69, 9.17) is 10.2 Å². The number of nitrogen functional groups attached to an aromatic ring is 1. The molecule has 2 N–H and O–H groups in total. The van der Waals surface area contributed by atoms with Gasteiger partial charge in [0.1, 0.15) is 34.2 Å². The van der Waals surface area contributed by atoms with E-state index in [-0.39, 0.29) is 11.4 Å². The van der Waals surface area contributed by atoms with Crippen LogP contribution >= 0.6 is 11.3 Å². The first-order valence-electron chi connectivity index (χ1n) is 8.58. The van der Waals surface area contributed by atoms with Crippen molar-refractivity contribution in [3.8, 4) is 22.7 Å². The fourth-order valence-corrected chi connectivity index (χ4v) is 4.24. The molecular formula is C20H11N7OS. The molecule has 0 amide bonds. The third-order valence-corrected chi connectivity index (χ3v) is 5.58. The summed E-state index contributed by atoms with van der Waals surface area (Å²) in [5.74, 6) is 1.07. The lowest BCUT2D eigenvalue weighted by Gasteiger charge is -2.05. The van der Waals surface area contributed by atoms with Crippen molar-refractivity contribution < 1.29 is 4.42 Å². The second-order valence-electron chi connectivity index (χ2n) is 6.23. The first kappa shape index (κ1) is 16.9. The van der Waals surface area contributed by atoms with Gasteiger partial charge in [-0.25, -0.2) is 15.0 Å². The van der Waals surface area contributed by atoms with Gasteiger partial charge in [0.05, 0.1) is 28.6 Å². The van der Waals surface area contributed by atoms with Crippen LogP contribution in [-0.4, -0.2) is 19.5 Å². The van der Waals surface area contributed by atoms with Gasteiger partial charge >= 0.3 is 0 Å². The third kappa shape index (κ3) is 2.61. The number of fused-ring (bicyclic) bond motifs is 2. The molecule has 9 heteroatoms. The predicted octanol–water partition coefficient (Wildman–Crippen LogP) is 3.67. The zero-order valence-electron chi connectivity index (χ0n) is 14.8. The van der Waals surface area contributed by atoms with Crippen molar-refractivity contribution in [2.75, 3.05) is 5.73 Å². The first-order valence-corrected chi connectivity index (χ1v) is 9.39. The Kier molecular flexibility index (Phi) is 3.76. The number of hydrogen-bond donors (Lipinski definition) is 1. The van der Waals surface area contributed by atoms with Crippen LogP contribution in [0.25, 0.3) is 32.0 Å². The van der Waals surface area contributed by atoms with Crippen molar-refractivity contribution >= 4 is 38.5 Å². The second kappa shape index (κ2) is 6.44. The molecule has 0 aliphatic rings. The van der Waals surface area contributed by atoms with Crippen LogP contribution in [0.2, 0.25) is 0 Å².